The van der Waals surface area contributed by atoms with Gasteiger partial charge in [-0.3, -0.25) is 4.79 Å². The Labute approximate surface area is 79.3 Å². The maximum absolute atomic E-state index is 10.6. The lowest BCUT2D eigenvalue weighted by atomic mass is 10.3. The number of rotatable bonds is 4. The number of pyridine rings is 1. The first-order valence-corrected chi connectivity index (χ1v) is 3.70. The van der Waals surface area contributed by atoms with Gasteiger partial charge in [-0.05, 0) is 12.1 Å². The third-order valence-corrected chi connectivity index (χ3v) is 1.34. The highest BCUT2D eigenvalue weighted by molar-refractivity contribution is 5.88. The molecule has 0 aliphatic carbocycles. The molecule has 1 heterocycles. The number of amides is 1. The number of hydrogen-bond acceptors (Lipinski definition) is 4. The molecule has 74 valence electrons. The van der Waals surface area contributed by atoms with Gasteiger partial charge >= 0.3 is 5.97 Å². The van der Waals surface area contributed by atoms with Gasteiger partial charge in [-0.25, -0.2) is 9.78 Å². The summed E-state index contributed by atoms with van der Waals surface area (Å²) < 4.78 is 4.84. The second kappa shape index (κ2) is 4.22. The molecule has 0 bridgehead atoms. The highest BCUT2D eigenvalue weighted by Gasteiger charge is 2.12. The summed E-state index contributed by atoms with van der Waals surface area (Å²) in [5.41, 5.74) is 4.59. The van der Waals surface area contributed by atoms with Gasteiger partial charge in [-0.2, -0.15) is 0 Å². The lowest BCUT2D eigenvalue weighted by molar-refractivity contribution is -0.119. The SMILES string of the molecule is NC(=O)COc1cccnc1C(=O)O. The van der Waals surface area contributed by atoms with Gasteiger partial charge in [0, 0.05) is 6.20 Å². The van der Waals surface area contributed by atoms with E-state index in [9.17, 15) is 9.59 Å². The van der Waals surface area contributed by atoms with Crippen molar-refractivity contribution in [3.8, 4) is 5.75 Å². The first kappa shape index (κ1) is 9.97. The standard InChI is InChI=1S/C8H8N2O4/c9-6(11)4-14-5-2-1-3-10-7(5)8(12)13/h1-3H,4H2,(H2,9,11)(H,12,13). The van der Waals surface area contributed by atoms with E-state index in [1.807, 2.05) is 0 Å². The maximum atomic E-state index is 10.6. The third-order valence-electron chi connectivity index (χ3n) is 1.34. The number of carbonyl (C=O) groups excluding carboxylic acids is 1. The van der Waals surface area contributed by atoms with Gasteiger partial charge in [-0.1, -0.05) is 0 Å². The zero-order valence-corrected chi connectivity index (χ0v) is 7.14. The number of carbonyl (C=O) groups is 2. The monoisotopic (exact) mass is 196 g/mol. The van der Waals surface area contributed by atoms with E-state index in [1.165, 1.54) is 18.3 Å². The molecule has 0 radical (unpaired) electrons. The predicted molar refractivity (Wildman–Crippen MR) is 45.9 cm³/mol. The van der Waals surface area contributed by atoms with Crippen LogP contribution in [0.3, 0.4) is 0 Å². The Morgan fingerprint density at radius 1 is 1.57 bits per heavy atom. The molecule has 1 rings (SSSR count). The van der Waals surface area contributed by atoms with Crippen molar-refractivity contribution in [1.82, 2.24) is 4.98 Å². The molecule has 1 aromatic rings. The summed E-state index contributed by atoms with van der Waals surface area (Å²) in [6.07, 6.45) is 1.32. The van der Waals surface area contributed by atoms with Crippen LogP contribution >= 0.6 is 0 Å². The zero-order valence-electron chi connectivity index (χ0n) is 7.14. The van der Waals surface area contributed by atoms with Crippen molar-refractivity contribution in [3.05, 3.63) is 24.0 Å². The highest BCUT2D eigenvalue weighted by atomic mass is 16.5. The fraction of sp³-hybridized carbons (Fsp3) is 0.125. The first-order valence-electron chi connectivity index (χ1n) is 3.70. The third kappa shape index (κ3) is 2.44. The normalized spacial score (nSPS) is 9.43. The van der Waals surface area contributed by atoms with E-state index in [0.29, 0.717) is 0 Å². The van der Waals surface area contributed by atoms with Crippen LogP contribution in [0.1, 0.15) is 10.5 Å². The molecular formula is C8H8N2O4. The number of ether oxygens (including phenoxy) is 1. The van der Waals surface area contributed by atoms with Gasteiger partial charge in [0.1, 0.15) is 0 Å². The van der Waals surface area contributed by atoms with Crippen molar-refractivity contribution in [2.75, 3.05) is 6.61 Å². The number of nitrogens with two attached hydrogens (primary N) is 1. The minimum absolute atomic E-state index is 0.0267. The Kier molecular flexibility index (Phi) is 3.01. The molecule has 0 unspecified atom stereocenters. The minimum Gasteiger partial charge on any atom is -0.481 e. The van der Waals surface area contributed by atoms with E-state index in [-0.39, 0.29) is 18.1 Å². The van der Waals surface area contributed by atoms with Crippen LogP contribution in [-0.4, -0.2) is 28.6 Å². The molecule has 0 spiro atoms. The Hall–Kier alpha value is -2.11. The topological polar surface area (TPSA) is 103 Å². The van der Waals surface area contributed by atoms with Crippen molar-refractivity contribution in [1.29, 1.82) is 0 Å². The molecule has 0 fully saturated rings. The van der Waals surface area contributed by atoms with E-state index in [2.05, 4.69) is 4.98 Å². The van der Waals surface area contributed by atoms with E-state index < -0.39 is 11.9 Å². The average molecular weight is 196 g/mol. The molecular weight excluding hydrogens is 188 g/mol. The van der Waals surface area contributed by atoms with E-state index in [0.717, 1.165) is 0 Å². The molecule has 3 N–H and O–H groups in total. The Morgan fingerprint density at radius 2 is 2.29 bits per heavy atom. The van der Waals surface area contributed by atoms with Crippen molar-refractivity contribution >= 4 is 11.9 Å². The van der Waals surface area contributed by atoms with Crippen molar-refractivity contribution < 1.29 is 19.4 Å². The molecule has 6 nitrogen and oxygen atoms in total. The Bertz CT molecular complexity index is 364. The number of hydrogen-bond donors (Lipinski definition) is 2. The lowest BCUT2D eigenvalue weighted by Crippen LogP contribution is -2.21. The van der Waals surface area contributed by atoms with E-state index in [1.54, 1.807) is 0 Å². The maximum Gasteiger partial charge on any atom is 0.358 e. The fourth-order valence-corrected chi connectivity index (χ4v) is 0.817. The van der Waals surface area contributed by atoms with Crippen molar-refractivity contribution in [2.24, 2.45) is 5.73 Å². The van der Waals surface area contributed by atoms with Gasteiger partial charge < -0.3 is 15.6 Å². The second-order valence-corrected chi connectivity index (χ2v) is 2.41. The Morgan fingerprint density at radius 3 is 2.86 bits per heavy atom. The summed E-state index contributed by atoms with van der Waals surface area (Å²) >= 11 is 0. The molecule has 6 heteroatoms. The number of primary amides is 1. The van der Waals surface area contributed by atoms with Crippen LogP contribution in [0.25, 0.3) is 0 Å². The number of aromatic nitrogens is 1. The van der Waals surface area contributed by atoms with Gasteiger partial charge in [0.15, 0.2) is 18.1 Å². The molecule has 0 saturated carbocycles. The number of carboxylic acid groups (broad SMARTS) is 1. The zero-order chi connectivity index (χ0) is 10.6. The summed E-state index contributed by atoms with van der Waals surface area (Å²) in [6.45, 7) is -0.369. The van der Waals surface area contributed by atoms with Crippen LogP contribution in [-0.2, 0) is 4.79 Å². The smallest absolute Gasteiger partial charge is 0.358 e. The fourth-order valence-electron chi connectivity index (χ4n) is 0.817. The Balaban J connectivity index is 2.84. The van der Waals surface area contributed by atoms with Crippen LogP contribution in [0.4, 0.5) is 0 Å². The van der Waals surface area contributed by atoms with Crippen LogP contribution < -0.4 is 10.5 Å². The van der Waals surface area contributed by atoms with Crippen LogP contribution in [0.2, 0.25) is 0 Å². The lowest BCUT2D eigenvalue weighted by Gasteiger charge is -2.05. The summed E-state index contributed by atoms with van der Waals surface area (Å²) in [6, 6.07) is 2.90. The summed E-state index contributed by atoms with van der Waals surface area (Å²) in [5, 5.41) is 8.67. The average Bonchev–Trinajstić information content (AvgIpc) is 2.15. The summed E-state index contributed by atoms with van der Waals surface area (Å²) in [7, 11) is 0. The van der Waals surface area contributed by atoms with Gasteiger partial charge in [0.05, 0.1) is 0 Å². The molecule has 14 heavy (non-hydrogen) atoms. The van der Waals surface area contributed by atoms with Gasteiger partial charge in [0.25, 0.3) is 5.91 Å². The van der Waals surface area contributed by atoms with E-state index >= 15 is 0 Å². The van der Waals surface area contributed by atoms with Crippen molar-refractivity contribution in [2.45, 2.75) is 0 Å². The predicted octanol–water partition coefficient (Wildman–Crippen LogP) is -0.356. The van der Waals surface area contributed by atoms with Gasteiger partial charge in [0.2, 0.25) is 0 Å². The van der Waals surface area contributed by atoms with Crippen LogP contribution in [0.15, 0.2) is 18.3 Å². The minimum atomic E-state index is -1.22. The number of aromatic carboxylic acids is 1. The highest BCUT2D eigenvalue weighted by Crippen LogP contribution is 2.14. The first-order chi connectivity index (χ1) is 6.61. The molecule has 0 saturated heterocycles. The quantitative estimate of drug-likeness (QED) is 0.684. The van der Waals surface area contributed by atoms with Crippen LogP contribution in [0, 0.1) is 0 Å². The molecule has 0 aromatic carbocycles. The number of carboxylic acids is 1. The molecule has 0 aliphatic rings. The van der Waals surface area contributed by atoms with Crippen LogP contribution in [0.5, 0.6) is 5.75 Å². The van der Waals surface area contributed by atoms with E-state index in [4.69, 9.17) is 15.6 Å². The largest absolute Gasteiger partial charge is 0.481 e. The molecule has 1 aromatic heterocycles. The molecule has 0 atom stereocenters. The summed E-state index contributed by atoms with van der Waals surface area (Å²) in [5.74, 6) is -1.87. The molecule has 1 amide bonds. The molecule has 0 aliphatic heterocycles. The van der Waals surface area contributed by atoms with Gasteiger partial charge in [-0.15, -0.1) is 0 Å². The summed E-state index contributed by atoms with van der Waals surface area (Å²) in [4.78, 5) is 24.6. The second-order valence-electron chi connectivity index (χ2n) is 2.41. The number of nitrogens with zero attached hydrogens (tertiary/aromatic N) is 1. The van der Waals surface area contributed by atoms with Crippen molar-refractivity contribution in [3.63, 3.8) is 0 Å².